The number of hydrogen-bond acceptors (Lipinski definition) is 2. The normalized spacial score (nSPS) is 25.9. The first kappa shape index (κ1) is 17.6. The van der Waals surface area contributed by atoms with Crippen molar-refractivity contribution >= 4 is 11.9 Å². The lowest BCUT2D eigenvalue weighted by atomic mass is 9.92. The number of imide groups is 1. The van der Waals surface area contributed by atoms with Crippen LogP contribution >= 0.6 is 0 Å². The van der Waals surface area contributed by atoms with Gasteiger partial charge >= 0.3 is 6.03 Å². The van der Waals surface area contributed by atoms with E-state index in [0.717, 1.165) is 44.1 Å². The SMILES string of the molecule is O=C1C(Cc2ccccc2)N(C2CCCCC2)C(=O)N1C1CCCCC1. The van der Waals surface area contributed by atoms with Crippen LogP contribution in [0, 0.1) is 0 Å². The van der Waals surface area contributed by atoms with Crippen molar-refractivity contribution in [3.8, 4) is 0 Å². The van der Waals surface area contributed by atoms with Gasteiger partial charge in [-0.2, -0.15) is 0 Å². The van der Waals surface area contributed by atoms with Gasteiger partial charge in [0, 0.05) is 18.5 Å². The van der Waals surface area contributed by atoms with Crippen molar-refractivity contribution < 1.29 is 9.59 Å². The van der Waals surface area contributed by atoms with Crippen LogP contribution < -0.4 is 0 Å². The highest BCUT2D eigenvalue weighted by Crippen LogP contribution is 2.34. The van der Waals surface area contributed by atoms with Crippen molar-refractivity contribution in [1.29, 1.82) is 0 Å². The van der Waals surface area contributed by atoms with Crippen LogP contribution in [0.5, 0.6) is 0 Å². The van der Waals surface area contributed by atoms with Crippen LogP contribution in [0.3, 0.4) is 0 Å². The monoisotopic (exact) mass is 354 g/mol. The Kier molecular flexibility index (Phi) is 5.28. The zero-order valence-corrected chi connectivity index (χ0v) is 15.6. The summed E-state index contributed by atoms with van der Waals surface area (Å²) in [6, 6.07) is 10.2. The molecule has 26 heavy (non-hydrogen) atoms. The van der Waals surface area contributed by atoms with E-state index in [0.29, 0.717) is 6.42 Å². The van der Waals surface area contributed by atoms with E-state index in [1.807, 2.05) is 23.1 Å². The first-order valence-corrected chi connectivity index (χ1v) is 10.4. The summed E-state index contributed by atoms with van der Waals surface area (Å²) in [6.45, 7) is 0. The first-order chi connectivity index (χ1) is 12.8. The minimum absolute atomic E-state index is 0.00488. The molecule has 4 nitrogen and oxygen atoms in total. The average molecular weight is 354 g/mol. The molecule has 0 spiro atoms. The Labute approximate surface area is 156 Å². The van der Waals surface area contributed by atoms with E-state index >= 15 is 0 Å². The molecule has 3 aliphatic rings. The molecule has 2 aliphatic carbocycles. The van der Waals surface area contributed by atoms with Gasteiger partial charge in [0.25, 0.3) is 5.91 Å². The number of hydrogen-bond donors (Lipinski definition) is 0. The highest BCUT2D eigenvalue weighted by Gasteiger charge is 2.50. The molecule has 1 aromatic carbocycles. The van der Waals surface area contributed by atoms with Crippen molar-refractivity contribution in [2.75, 3.05) is 0 Å². The van der Waals surface area contributed by atoms with Crippen LogP contribution in [0.15, 0.2) is 30.3 Å². The van der Waals surface area contributed by atoms with Gasteiger partial charge in [-0.15, -0.1) is 0 Å². The lowest BCUT2D eigenvalue weighted by Crippen LogP contribution is -2.46. The van der Waals surface area contributed by atoms with E-state index < -0.39 is 0 Å². The summed E-state index contributed by atoms with van der Waals surface area (Å²) >= 11 is 0. The van der Waals surface area contributed by atoms with Crippen LogP contribution in [0.4, 0.5) is 4.79 Å². The number of urea groups is 1. The summed E-state index contributed by atoms with van der Waals surface area (Å²) < 4.78 is 0. The smallest absolute Gasteiger partial charge is 0.309 e. The van der Waals surface area contributed by atoms with Crippen LogP contribution in [-0.4, -0.2) is 39.9 Å². The molecule has 0 radical (unpaired) electrons. The van der Waals surface area contributed by atoms with E-state index in [-0.39, 0.29) is 30.1 Å². The number of benzene rings is 1. The van der Waals surface area contributed by atoms with Gasteiger partial charge in [0.2, 0.25) is 0 Å². The second-order valence-corrected chi connectivity index (χ2v) is 8.19. The van der Waals surface area contributed by atoms with Crippen molar-refractivity contribution in [3.63, 3.8) is 0 Å². The number of nitrogens with zero attached hydrogens (tertiary/aromatic N) is 2. The maximum absolute atomic E-state index is 13.3. The van der Waals surface area contributed by atoms with E-state index in [1.165, 1.54) is 25.7 Å². The van der Waals surface area contributed by atoms with Gasteiger partial charge in [-0.3, -0.25) is 9.69 Å². The summed E-state index contributed by atoms with van der Waals surface area (Å²) in [4.78, 5) is 30.3. The van der Waals surface area contributed by atoms with Gasteiger partial charge < -0.3 is 4.90 Å². The maximum Gasteiger partial charge on any atom is 0.327 e. The predicted molar refractivity (Wildman–Crippen MR) is 102 cm³/mol. The molecule has 1 unspecified atom stereocenters. The molecule has 1 aliphatic heterocycles. The minimum atomic E-state index is -0.310. The molecule has 0 aromatic heterocycles. The Balaban J connectivity index is 1.61. The van der Waals surface area contributed by atoms with Gasteiger partial charge in [0.1, 0.15) is 6.04 Å². The fourth-order valence-electron chi connectivity index (χ4n) is 5.10. The summed E-state index contributed by atoms with van der Waals surface area (Å²) in [6.07, 6.45) is 11.8. The molecule has 0 N–H and O–H groups in total. The number of amides is 3. The zero-order chi connectivity index (χ0) is 17.9. The average Bonchev–Trinajstić information content (AvgIpc) is 2.94. The molecule has 3 fully saturated rings. The molecule has 0 bridgehead atoms. The van der Waals surface area contributed by atoms with Crippen molar-refractivity contribution in [3.05, 3.63) is 35.9 Å². The molecule has 1 heterocycles. The van der Waals surface area contributed by atoms with Crippen LogP contribution in [0.2, 0.25) is 0 Å². The van der Waals surface area contributed by atoms with E-state index in [1.54, 1.807) is 4.90 Å². The van der Waals surface area contributed by atoms with Gasteiger partial charge in [0.05, 0.1) is 0 Å². The molecule has 4 rings (SSSR count). The molecule has 1 saturated heterocycles. The topological polar surface area (TPSA) is 40.6 Å². The molecule has 4 heteroatoms. The summed E-state index contributed by atoms with van der Waals surface area (Å²) in [5, 5.41) is 0. The Bertz CT molecular complexity index is 633. The molecular weight excluding hydrogens is 324 g/mol. The minimum Gasteiger partial charge on any atom is -0.309 e. The third kappa shape index (κ3) is 3.38. The summed E-state index contributed by atoms with van der Waals surface area (Å²) in [7, 11) is 0. The van der Waals surface area contributed by atoms with E-state index in [2.05, 4.69) is 12.1 Å². The van der Waals surface area contributed by atoms with Crippen molar-refractivity contribution in [1.82, 2.24) is 9.80 Å². The Hall–Kier alpha value is -1.84. The summed E-state index contributed by atoms with van der Waals surface area (Å²) in [5.41, 5.74) is 1.14. The largest absolute Gasteiger partial charge is 0.327 e. The molecule has 140 valence electrons. The Morgan fingerprint density at radius 3 is 1.96 bits per heavy atom. The number of rotatable bonds is 4. The van der Waals surface area contributed by atoms with Crippen LogP contribution in [0.1, 0.15) is 69.8 Å². The first-order valence-electron chi connectivity index (χ1n) is 10.4. The van der Waals surface area contributed by atoms with Gasteiger partial charge in [0.15, 0.2) is 0 Å². The zero-order valence-electron chi connectivity index (χ0n) is 15.6. The standard InChI is InChI=1S/C22H30N2O2/c25-21-20(16-17-10-4-1-5-11-17)23(18-12-6-2-7-13-18)22(26)24(21)19-14-8-3-9-15-19/h1,4-5,10-11,18-20H,2-3,6-9,12-16H2. The van der Waals surface area contributed by atoms with E-state index in [9.17, 15) is 9.59 Å². The lowest BCUT2D eigenvalue weighted by molar-refractivity contribution is -0.130. The highest BCUT2D eigenvalue weighted by atomic mass is 16.2. The quantitative estimate of drug-likeness (QED) is 0.746. The third-order valence-electron chi connectivity index (χ3n) is 6.47. The Morgan fingerprint density at radius 2 is 1.35 bits per heavy atom. The van der Waals surface area contributed by atoms with Crippen molar-refractivity contribution in [2.24, 2.45) is 0 Å². The Morgan fingerprint density at radius 1 is 0.769 bits per heavy atom. The number of carbonyl (C=O) groups excluding carboxylic acids is 2. The molecule has 2 saturated carbocycles. The molecule has 3 amide bonds. The second-order valence-electron chi connectivity index (χ2n) is 8.19. The molecule has 1 aromatic rings. The third-order valence-corrected chi connectivity index (χ3v) is 6.47. The van der Waals surface area contributed by atoms with Crippen LogP contribution in [0.25, 0.3) is 0 Å². The second kappa shape index (κ2) is 7.81. The fourth-order valence-corrected chi connectivity index (χ4v) is 5.10. The fraction of sp³-hybridized carbons (Fsp3) is 0.636. The predicted octanol–water partition coefficient (Wildman–Crippen LogP) is 4.53. The summed E-state index contributed by atoms with van der Waals surface area (Å²) in [5.74, 6) is 0.0522. The molecule has 1 atom stereocenters. The highest BCUT2D eigenvalue weighted by molar-refractivity contribution is 6.04. The molecular formula is C22H30N2O2. The van der Waals surface area contributed by atoms with Gasteiger partial charge in [-0.1, -0.05) is 68.9 Å². The van der Waals surface area contributed by atoms with Crippen molar-refractivity contribution in [2.45, 2.75) is 88.8 Å². The van der Waals surface area contributed by atoms with Gasteiger partial charge in [-0.25, -0.2) is 4.79 Å². The lowest BCUT2D eigenvalue weighted by Gasteiger charge is -2.34. The maximum atomic E-state index is 13.3. The van der Waals surface area contributed by atoms with E-state index in [4.69, 9.17) is 0 Å². The van der Waals surface area contributed by atoms with Gasteiger partial charge in [-0.05, 0) is 31.2 Å². The number of carbonyl (C=O) groups is 2. The van der Waals surface area contributed by atoms with Crippen LogP contribution in [-0.2, 0) is 11.2 Å².